The summed E-state index contributed by atoms with van der Waals surface area (Å²) in [5, 5.41) is 8.12. The molecule has 1 fully saturated rings. The standard InChI is InChI=1S/C13H23N3/c1-4-5-11-8-13(11)14-9-12-6-7-16(15-12)10(2)3/h6-7,10-11,13-14H,4-5,8-9H2,1-3H3. The highest BCUT2D eigenvalue weighted by molar-refractivity contribution is 5.01. The maximum atomic E-state index is 4.53. The lowest BCUT2D eigenvalue weighted by molar-refractivity contribution is 0.518. The molecule has 2 rings (SSSR count). The van der Waals surface area contributed by atoms with Gasteiger partial charge in [-0.3, -0.25) is 4.68 Å². The maximum absolute atomic E-state index is 4.53. The number of nitrogens with one attached hydrogen (secondary N) is 1. The van der Waals surface area contributed by atoms with Gasteiger partial charge >= 0.3 is 0 Å². The van der Waals surface area contributed by atoms with E-state index in [0.29, 0.717) is 6.04 Å². The second-order valence-corrected chi connectivity index (χ2v) is 5.15. The highest BCUT2D eigenvalue weighted by Crippen LogP contribution is 2.34. The van der Waals surface area contributed by atoms with Gasteiger partial charge in [0.05, 0.1) is 5.69 Å². The number of aromatic nitrogens is 2. The third kappa shape index (κ3) is 2.85. The van der Waals surface area contributed by atoms with Gasteiger partial charge < -0.3 is 5.32 Å². The first-order valence-electron chi connectivity index (χ1n) is 6.48. The second kappa shape index (κ2) is 5.00. The largest absolute Gasteiger partial charge is 0.308 e. The third-order valence-corrected chi connectivity index (χ3v) is 3.32. The van der Waals surface area contributed by atoms with Crippen molar-refractivity contribution >= 4 is 0 Å². The van der Waals surface area contributed by atoms with Crippen molar-refractivity contribution in [3.05, 3.63) is 18.0 Å². The van der Waals surface area contributed by atoms with Crippen molar-refractivity contribution in [1.29, 1.82) is 0 Å². The van der Waals surface area contributed by atoms with Crippen molar-refractivity contribution in [3.63, 3.8) is 0 Å². The van der Waals surface area contributed by atoms with Gasteiger partial charge in [0, 0.05) is 24.8 Å². The van der Waals surface area contributed by atoms with E-state index in [-0.39, 0.29) is 0 Å². The predicted octanol–water partition coefficient (Wildman–Crippen LogP) is 2.74. The fraction of sp³-hybridized carbons (Fsp3) is 0.769. The lowest BCUT2D eigenvalue weighted by atomic mass is 10.2. The van der Waals surface area contributed by atoms with Crippen LogP contribution in [0.5, 0.6) is 0 Å². The molecule has 0 spiro atoms. The van der Waals surface area contributed by atoms with Crippen LogP contribution in [0.1, 0.15) is 51.8 Å². The summed E-state index contributed by atoms with van der Waals surface area (Å²) in [7, 11) is 0. The first kappa shape index (κ1) is 11.6. The molecule has 1 saturated carbocycles. The van der Waals surface area contributed by atoms with Gasteiger partial charge in [0.2, 0.25) is 0 Å². The van der Waals surface area contributed by atoms with Crippen molar-refractivity contribution in [1.82, 2.24) is 15.1 Å². The van der Waals surface area contributed by atoms with Gasteiger partial charge in [-0.25, -0.2) is 0 Å². The van der Waals surface area contributed by atoms with E-state index in [9.17, 15) is 0 Å². The molecule has 2 atom stereocenters. The highest BCUT2D eigenvalue weighted by atomic mass is 15.3. The Bertz CT molecular complexity index is 330. The van der Waals surface area contributed by atoms with Gasteiger partial charge in [0.25, 0.3) is 0 Å². The van der Waals surface area contributed by atoms with Crippen LogP contribution in [0.25, 0.3) is 0 Å². The van der Waals surface area contributed by atoms with Gasteiger partial charge in [0.1, 0.15) is 0 Å². The fourth-order valence-corrected chi connectivity index (χ4v) is 2.18. The van der Waals surface area contributed by atoms with Crippen LogP contribution in [-0.4, -0.2) is 15.8 Å². The van der Waals surface area contributed by atoms with Crippen LogP contribution in [0.3, 0.4) is 0 Å². The lowest BCUT2D eigenvalue weighted by Crippen LogP contribution is -2.18. The van der Waals surface area contributed by atoms with Gasteiger partial charge in [-0.2, -0.15) is 5.10 Å². The van der Waals surface area contributed by atoms with Crippen LogP contribution >= 0.6 is 0 Å². The van der Waals surface area contributed by atoms with Crippen molar-refractivity contribution < 1.29 is 0 Å². The summed E-state index contributed by atoms with van der Waals surface area (Å²) in [6.45, 7) is 7.50. The van der Waals surface area contributed by atoms with Crippen LogP contribution in [0, 0.1) is 5.92 Å². The molecule has 1 N–H and O–H groups in total. The van der Waals surface area contributed by atoms with E-state index in [1.54, 1.807) is 0 Å². The summed E-state index contributed by atoms with van der Waals surface area (Å²) in [6, 6.07) is 3.33. The van der Waals surface area contributed by atoms with Crippen molar-refractivity contribution in [3.8, 4) is 0 Å². The zero-order valence-corrected chi connectivity index (χ0v) is 10.6. The molecule has 3 heteroatoms. The van der Waals surface area contributed by atoms with E-state index in [1.165, 1.54) is 19.3 Å². The molecule has 0 amide bonds. The molecule has 3 nitrogen and oxygen atoms in total. The topological polar surface area (TPSA) is 29.9 Å². The van der Waals surface area contributed by atoms with Gasteiger partial charge in [0.15, 0.2) is 0 Å². The molecule has 1 aromatic rings. The van der Waals surface area contributed by atoms with Crippen molar-refractivity contribution in [2.24, 2.45) is 5.92 Å². The van der Waals surface area contributed by atoms with Gasteiger partial charge in [-0.15, -0.1) is 0 Å². The SMILES string of the molecule is CCCC1CC1NCc1ccn(C(C)C)n1. The minimum Gasteiger partial charge on any atom is -0.308 e. The summed E-state index contributed by atoms with van der Waals surface area (Å²) in [4.78, 5) is 0. The Balaban J connectivity index is 1.74. The van der Waals surface area contributed by atoms with E-state index in [4.69, 9.17) is 0 Å². The molecule has 90 valence electrons. The number of rotatable bonds is 6. The molecule has 0 saturated heterocycles. The average Bonchev–Trinajstić information content (AvgIpc) is 2.80. The average molecular weight is 221 g/mol. The molecular weight excluding hydrogens is 198 g/mol. The summed E-state index contributed by atoms with van der Waals surface area (Å²) in [5.74, 6) is 0.928. The molecule has 0 bridgehead atoms. The maximum Gasteiger partial charge on any atom is 0.0762 e. The van der Waals surface area contributed by atoms with Gasteiger partial charge in [-0.1, -0.05) is 13.3 Å². The van der Waals surface area contributed by atoms with Crippen LogP contribution in [0.2, 0.25) is 0 Å². The van der Waals surface area contributed by atoms with E-state index in [0.717, 1.165) is 24.2 Å². The molecule has 0 aliphatic heterocycles. The summed E-state index contributed by atoms with van der Waals surface area (Å²) in [6.07, 6.45) is 6.11. The fourth-order valence-electron chi connectivity index (χ4n) is 2.18. The monoisotopic (exact) mass is 221 g/mol. The third-order valence-electron chi connectivity index (χ3n) is 3.32. The van der Waals surface area contributed by atoms with E-state index >= 15 is 0 Å². The van der Waals surface area contributed by atoms with E-state index in [2.05, 4.69) is 43.4 Å². The molecule has 1 aliphatic carbocycles. The summed E-state index contributed by atoms with van der Waals surface area (Å²) < 4.78 is 2.02. The van der Waals surface area contributed by atoms with Gasteiger partial charge in [-0.05, 0) is 38.7 Å². The molecule has 0 aromatic carbocycles. The summed E-state index contributed by atoms with van der Waals surface area (Å²) in [5.41, 5.74) is 1.16. The van der Waals surface area contributed by atoms with Crippen LogP contribution in [-0.2, 0) is 6.54 Å². The molecule has 16 heavy (non-hydrogen) atoms. The molecule has 1 aliphatic rings. The quantitative estimate of drug-likeness (QED) is 0.800. The zero-order chi connectivity index (χ0) is 11.5. The first-order valence-corrected chi connectivity index (χ1v) is 6.48. The molecule has 2 unspecified atom stereocenters. The Labute approximate surface area is 98.2 Å². The molecular formula is C13H23N3. The first-order chi connectivity index (χ1) is 7.70. The minimum atomic E-state index is 0.461. The second-order valence-electron chi connectivity index (χ2n) is 5.15. The molecule has 1 aromatic heterocycles. The predicted molar refractivity (Wildman–Crippen MR) is 66.3 cm³/mol. The summed E-state index contributed by atoms with van der Waals surface area (Å²) >= 11 is 0. The normalized spacial score (nSPS) is 24.0. The Morgan fingerprint density at radius 3 is 3.00 bits per heavy atom. The number of hydrogen-bond donors (Lipinski definition) is 1. The van der Waals surface area contributed by atoms with Crippen molar-refractivity contribution in [2.75, 3.05) is 0 Å². The van der Waals surface area contributed by atoms with Crippen LogP contribution < -0.4 is 5.32 Å². The zero-order valence-electron chi connectivity index (χ0n) is 10.6. The Hall–Kier alpha value is -0.830. The minimum absolute atomic E-state index is 0.461. The highest BCUT2D eigenvalue weighted by Gasteiger charge is 2.35. The van der Waals surface area contributed by atoms with E-state index in [1.807, 2.05) is 4.68 Å². The van der Waals surface area contributed by atoms with E-state index < -0.39 is 0 Å². The Morgan fingerprint density at radius 2 is 2.38 bits per heavy atom. The lowest BCUT2D eigenvalue weighted by Gasteiger charge is -2.04. The smallest absolute Gasteiger partial charge is 0.0762 e. The van der Waals surface area contributed by atoms with Crippen molar-refractivity contribution in [2.45, 2.75) is 58.7 Å². The Kier molecular flexibility index (Phi) is 3.64. The van der Waals surface area contributed by atoms with Crippen LogP contribution in [0.4, 0.5) is 0 Å². The molecule has 1 heterocycles. The van der Waals surface area contributed by atoms with Crippen LogP contribution in [0.15, 0.2) is 12.3 Å². The molecule has 0 radical (unpaired) electrons. The Morgan fingerprint density at radius 1 is 1.56 bits per heavy atom. The number of hydrogen-bond acceptors (Lipinski definition) is 2. The number of nitrogens with zero attached hydrogens (tertiary/aromatic N) is 2.